The summed E-state index contributed by atoms with van der Waals surface area (Å²) in [5.41, 5.74) is 8.34. The first kappa shape index (κ1) is 31.4. The largest absolute Gasteiger partial charge is 0.393 e. The SMILES string of the molecule is COCCn1c(C)cc2cc(CC(=O)c3ccc(-n4ccc5cc(NC(=O)c6ccc(N7CCC(O)CC7)cc6)ccc54)cc3)ccc21. The van der Waals surface area contributed by atoms with Gasteiger partial charge in [-0.3, -0.25) is 9.59 Å². The van der Waals surface area contributed by atoms with Gasteiger partial charge in [-0.25, -0.2) is 0 Å². The summed E-state index contributed by atoms with van der Waals surface area (Å²) in [5, 5.41) is 14.9. The number of amides is 1. The molecule has 2 N–H and O–H groups in total. The minimum atomic E-state index is -0.217. The predicted octanol–water partition coefficient (Wildman–Crippen LogP) is 7.18. The van der Waals surface area contributed by atoms with Crippen LogP contribution in [0.5, 0.6) is 0 Å². The first-order valence-electron chi connectivity index (χ1n) is 16.5. The van der Waals surface area contributed by atoms with Gasteiger partial charge in [-0.05, 0) is 116 Å². The summed E-state index contributed by atoms with van der Waals surface area (Å²) in [4.78, 5) is 28.5. The minimum Gasteiger partial charge on any atom is -0.393 e. The number of nitrogens with zero attached hydrogens (tertiary/aromatic N) is 3. The van der Waals surface area contributed by atoms with Gasteiger partial charge in [0.05, 0.1) is 18.2 Å². The molecule has 1 aliphatic heterocycles. The van der Waals surface area contributed by atoms with Crippen LogP contribution in [-0.4, -0.2) is 58.8 Å². The molecule has 1 amide bonds. The number of fused-ring (bicyclic) bond motifs is 2. The number of Topliss-reactive ketones (excluding diaryl/α,β-unsaturated/α-hetero) is 1. The molecule has 0 aliphatic carbocycles. The van der Waals surface area contributed by atoms with Crippen molar-refractivity contribution in [3.8, 4) is 5.69 Å². The lowest BCUT2D eigenvalue weighted by atomic mass is 10.0. The molecule has 3 heterocycles. The van der Waals surface area contributed by atoms with Crippen molar-refractivity contribution in [3.05, 3.63) is 126 Å². The molecule has 0 atom stereocenters. The summed E-state index contributed by atoms with van der Waals surface area (Å²) in [6, 6.07) is 31.7. The highest BCUT2D eigenvalue weighted by Gasteiger charge is 2.18. The van der Waals surface area contributed by atoms with E-state index < -0.39 is 0 Å². The van der Waals surface area contributed by atoms with Gasteiger partial charge in [0.1, 0.15) is 0 Å². The Balaban J connectivity index is 0.998. The van der Waals surface area contributed by atoms with Crippen LogP contribution in [0.25, 0.3) is 27.5 Å². The number of aryl methyl sites for hydroxylation is 1. The maximum absolute atomic E-state index is 13.2. The van der Waals surface area contributed by atoms with Gasteiger partial charge in [-0.15, -0.1) is 0 Å². The number of carbonyl (C=O) groups excluding carboxylic acids is 2. The third-order valence-corrected chi connectivity index (χ3v) is 9.43. The first-order chi connectivity index (χ1) is 23.4. The number of aromatic nitrogens is 2. The molecule has 7 rings (SSSR count). The standard InChI is InChI=1S/C40H40N4O4/c1-27-23-32-24-28(3-13-38(32)43(27)21-22-48-2)25-39(46)29-4-11-35(12-5-29)44-20-15-31-26-33(8-14-37(31)44)41-40(47)30-6-9-34(10-7-30)42-18-16-36(45)17-19-42/h3-15,20,23-24,26,36,45H,16-19,21-22,25H2,1-2H3,(H,41,47). The van der Waals surface area contributed by atoms with Gasteiger partial charge in [0.25, 0.3) is 5.91 Å². The monoisotopic (exact) mass is 640 g/mol. The number of ketones is 1. The Labute approximate surface area is 280 Å². The Kier molecular flexibility index (Phi) is 8.84. The van der Waals surface area contributed by atoms with E-state index in [1.165, 1.54) is 5.69 Å². The summed E-state index contributed by atoms with van der Waals surface area (Å²) in [5.74, 6) is -0.0830. The van der Waals surface area contributed by atoms with Crippen LogP contribution in [0.15, 0.2) is 103 Å². The predicted molar refractivity (Wildman–Crippen MR) is 192 cm³/mol. The molecule has 48 heavy (non-hydrogen) atoms. The third kappa shape index (κ3) is 6.50. The Hall–Kier alpha value is -5.18. The topological polar surface area (TPSA) is 88.7 Å². The van der Waals surface area contributed by atoms with Gasteiger partial charge in [-0.2, -0.15) is 0 Å². The second-order valence-electron chi connectivity index (χ2n) is 12.6. The number of nitrogens with one attached hydrogen (secondary N) is 1. The maximum atomic E-state index is 13.2. The van der Waals surface area contributed by atoms with Crippen LogP contribution >= 0.6 is 0 Å². The lowest BCUT2D eigenvalue weighted by Crippen LogP contribution is -2.35. The summed E-state index contributed by atoms with van der Waals surface area (Å²) in [6.07, 6.45) is 3.65. The number of methoxy groups -OCH3 is 1. The second kappa shape index (κ2) is 13.5. The molecule has 0 bridgehead atoms. The van der Waals surface area contributed by atoms with Crippen LogP contribution in [0.2, 0.25) is 0 Å². The lowest BCUT2D eigenvalue weighted by Gasteiger charge is -2.31. The fourth-order valence-corrected chi connectivity index (χ4v) is 6.74. The van der Waals surface area contributed by atoms with Gasteiger partial charge >= 0.3 is 0 Å². The molecule has 0 saturated carbocycles. The molecule has 8 heteroatoms. The molecule has 0 unspecified atom stereocenters. The summed E-state index contributed by atoms with van der Waals surface area (Å²) in [7, 11) is 1.71. The van der Waals surface area contributed by atoms with E-state index in [1.807, 2.05) is 85.1 Å². The van der Waals surface area contributed by atoms with Crippen LogP contribution in [-0.2, 0) is 17.7 Å². The summed E-state index contributed by atoms with van der Waals surface area (Å²) in [6.45, 7) is 5.18. The quantitative estimate of drug-likeness (QED) is 0.155. The van der Waals surface area contributed by atoms with Gasteiger partial charge < -0.3 is 29.2 Å². The molecule has 1 fully saturated rings. The Bertz CT molecular complexity index is 2080. The number of aliphatic hydroxyl groups excluding tert-OH is 1. The highest BCUT2D eigenvalue weighted by atomic mass is 16.5. The molecule has 4 aromatic carbocycles. The van der Waals surface area contributed by atoms with Crippen molar-refractivity contribution in [2.75, 3.05) is 37.0 Å². The van der Waals surface area contributed by atoms with Crippen LogP contribution in [0.4, 0.5) is 11.4 Å². The molecule has 0 spiro atoms. The van der Waals surface area contributed by atoms with Gasteiger partial charge in [0.2, 0.25) is 0 Å². The van der Waals surface area contributed by atoms with Crippen LogP contribution in [0.3, 0.4) is 0 Å². The van der Waals surface area contributed by atoms with Crippen molar-refractivity contribution < 1.29 is 19.4 Å². The Morgan fingerprint density at radius 3 is 2.27 bits per heavy atom. The third-order valence-electron chi connectivity index (χ3n) is 9.43. The fourth-order valence-electron chi connectivity index (χ4n) is 6.74. The van der Waals surface area contributed by atoms with E-state index in [0.29, 0.717) is 24.2 Å². The summed E-state index contributed by atoms with van der Waals surface area (Å²) >= 11 is 0. The number of anilines is 2. The van der Waals surface area contributed by atoms with Crippen molar-refractivity contribution in [2.24, 2.45) is 0 Å². The molecule has 6 aromatic rings. The van der Waals surface area contributed by atoms with Crippen molar-refractivity contribution in [1.82, 2.24) is 9.13 Å². The van der Waals surface area contributed by atoms with Crippen LogP contribution < -0.4 is 10.2 Å². The maximum Gasteiger partial charge on any atom is 0.255 e. The van der Waals surface area contributed by atoms with E-state index in [2.05, 4.69) is 44.5 Å². The van der Waals surface area contributed by atoms with E-state index in [9.17, 15) is 14.7 Å². The number of hydrogen-bond acceptors (Lipinski definition) is 5. The van der Waals surface area contributed by atoms with Gasteiger partial charge in [-0.1, -0.05) is 6.07 Å². The highest BCUT2D eigenvalue weighted by Crippen LogP contribution is 2.26. The first-order valence-corrected chi connectivity index (χ1v) is 16.5. The average molecular weight is 641 g/mol. The van der Waals surface area contributed by atoms with Crippen molar-refractivity contribution in [3.63, 3.8) is 0 Å². The molecule has 1 aliphatic rings. The molecule has 2 aromatic heterocycles. The molecule has 1 saturated heterocycles. The van der Waals surface area contributed by atoms with E-state index in [1.54, 1.807) is 7.11 Å². The Morgan fingerprint density at radius 1 is 0.812 bits per heavy atom. The Morgan fingerprint density at radius 2 is 1.52 bits per heavy atom. The normalized spacial score (nSPS) is 13.8. The number of hydrogen-bond donors (Lipinski definition) is 2. The van der Waals surface area contributed by atoms with E-state index in [0.717, 1.165) is 76.9 Å². The van der Waals surface area contributed by atoms with Gasteiger partial charge in [0.15, 0.2) is 5.78 Å². The van der Waals surface area contributed by atoms with E-state index in [4.69, 9.17) is 4.74 Å². The minimum absolute atomic E-state index is 0.0788. The molecular formula is C40H40N4O4. The highest BCUT2D eigenvalue weighted by molar-refractivity contribution is 6.05. The van der Waals surface area contributed by atoms with Crippen molar-refractivity contribution >= 4 is 44.9 Å². The fraction of sp³-hybridized carbons (Fsp3) is 0.250. The van der Waals surface area contributed by atoms with Crippen LogP contribution in [0, 0.1) is 6.92 Å². The lowest BCUT2D eigenvalue weighted by molar-refractivity contribution is 0.0991. The zero-order valence-electron chi connectivity index (χ0n) is 27.4. The van der Waals surface area contributed by atoms with E-state index >= 15 is 0 Å². The smallest absolute Gasteiger partial charge is 0.255 e. The van der Waals surface area contributed by atoms with E-state index in [-0.39, 0.29) is 17.8 Å². The number of rotatable bonds is 10. The number of aliphatic hydroxyl groups is 1. The average Bonchev–Trinajstić information content (AvgIpc) is 3.67. The number of ether oxygens (including phenoxy) is 1. The van der Waals surface area contributed by atoms with Gasteiger partial charge in [0, 0.05) is 89.5 Å². The zero-order valence-corrected chi connectivity index (χ0v) is 27.4. The number of benzene rings is 4. The van der Waals surface area contributed by atoms with Crippen molar-refractivity contribution in [1.29, 1.82) is 0 Å². The zero-order chi connectivity index (χ0) is 33.2. The summed E-state index contributed by atoms with van der Waals surface area (Å²) < 4.78 is 9.59. The molecule has 8 nitrogen and oxygen atoms in total. The molecular weight excluding hydrogens is 600 g/mol. The molecule has 0 radical (unpaired) electrons. The van der Waals surface area contributed by atoms with Crippen molar-refractivity contribution in [2.45, 2.75) is 38.8 Å². The number of piperidine rings is 1. The van der Waals surface area contributed by atoms with Crippen LogP contribution in [0.1, 0.15) is 44.8 Å². The number of carbonyl (C=O) groups is 2. The second-order valence-corrected chi connectivity index (χ2v) is 12.6. The molecule has 244 valence electrons.